The van der Waals surface area contributed by atoms with E-state index in [0.29, 0.717) is 10.0 Å². The lowest BCUT2D eigenvalue weighted by Gasteiger charge is -2.17. The van der Waals surface area contributed by atoms with Crippen molar-refractivity contribution in [2.45, 2.75) is 13.0 Å². The fraction of sp³-hybridized carbons (Fsp3) is 0.143. The number of hydrogen-bond donors (Lipinski definition) is 1. The maximum atomic E-state index is 10.6. The molecule has 0 amide bonds. The van der Waals surface area contributed by atoms with Gasteiger partial charge in [-0.05, 0) is 24.6 Å². The van der Waals surface area contributed by atoms with Gasteiger partial charge in [-0.2, -0.15) is 0 Å². The Morgan fingerprint density at radius 2 is 1.80 bits per heavy atom. The Bertz CT molecular complexity index is 630. The molecule has 0 aromatic heterocycles. The molecular weight excluding hydrogens is 299 g/mol. The molecule has 0 saturated heterocycles. The van der Waals surface area contributed by atoms with E-state index in [2.05, 4.69) is 5.32 Å². The second-order valence-corrected chi connectivity index (χ2v) is 5.10. The summed E-state index contributed by atoms with van der Waals surface area (Å²) in [6.07, 6.45) is 0. The predicted octanol–water partition coefficient (Wildman–Crippen LogP) is 5.07. The summed E-state index contributed by atoms with van der Waals surface area (Å²) in [6, 6.07) is 11.7. The standard InChI is InChI=1S/C14H12Cl2N2O2/c1-9(10-5-7-11(8-6-10)18(19)20)17-13-4-2-3-12(15)14(13)16/h2-9,17H,1H3. The van der Waals surface area contributed by atoms with Gasteiger partial charge in [-0.25, -0.2) is 0 Å². The molecule has 2 aromatic carbocycles. The highest BCUT2D eigenvalue weighted by molar-refractivity contribution is 6.43. The van der Waals surface area contributed by atoms with Crippen LogP contribution in [0, 0.1) is 10.1 Å². The Kier molecular flexibility index (Phi) is 4.47. The number of nitro benzene ring substituents is 1. The van der Waals surface area contributed by atoms with Crippen LogP contribution in [0.1, 0.15) is 18.5 Å². The zero-order valence-corrected chi connectivity index (χ0v) is 12.2. The SMILES string of the molecule is CC(Nc1cccc(Cl)c1Cl)c1ccc([N+](=O)[O-])cc1. The molecule has 0 aliphatic carbocycles. The van der Waals surface area contributed by atoms with Crippen LogP contribution in [0.2, 0.25) is 10.0 Å². The van der Waals surface area contributed by atoms with Crippen molar-refractivity contribution in [1.82, 2.24) is 0 Å². The third-order valence-electron chi connectivity index (χ3n) is 2.93. The van der Waals surface area contributed by atoms with Crippen LogP contribution in [0.3, 0.4) is 0 Å². The van der Waals surface area contributed by atoms with E-state index in [1.807, 2.05) is 13.0 Å². The molecule has 0 fully saturated rings. The molecule has 4 nitrogen and oxygen atoms in total. The minimum Gasteiger partial charge on any atom is -0.377 e. The first kappa shape index (κ1) is 14.6. The zero-order chi connectivity index (χ0) is 14.7. The van der Waals surface area contributed by atoms with Gasteiger partial charge in [0, 0.05) is 18.2 Å². The summed E-state index contributed by atoms with van der Waals surface area (Å²) in [4.78, 5) is 10.2. The quantitative estimate of drug-likeness (QED) is 0.633. The number of nitrogens with zero attached hydrogens (tertiary/aromatic N) is 1. The summed E-state index contributed by atoms with van der Waals surface area (Å²) >= 11 is 12.1. The van der Waals surface area contributed by atoms with Crippen LogP contribution in [-0.4, -0.2) is 4.92 Å². The van der Waals surface area contributed by atoms with E-state index in [1.54, 1.807) is 24.3 Å². The molecule has 0 radical (unpaired) electrons. The molecule has 1 N–H and O–H groups in total. The number of nitrogens with one attached hydrogen (secondary N) is 1. The van der Waals surface area contributed by atoms with Crippen LogP contribution in [0.15, 0.2) is 42.5 Å². The summed E-state index contributed by atoms with van der Waals surface area (Å²) in [7, 11) is 0. The lowest BCUT2D eigenvalue weighted by molar-refractivity contribution is -0.384. The Balaban J connectivity index is 2.17. The molecule has 2 aromatic rings. The molecular formula is C14H12Cl2N2O2. The Hall–Kier alpha value is -1.78. The molecule has 0 aliphatic rings. The van der Waals surface area contributed by atoms with Crippen LogP contribution in [-0.2, 0) is 0 Å². The van der Waals surface area contributed by atoms with Gasteiger partial charge in [0.15, 0.2) is 0 Å². The molecule has 0 saturated carbocycles. The van der Waals surface area contributed by atoms with Gasteiger partial charge in [-0.15, -0.1) is 0 Å². The van der Waals surface area contributed by atoms with Gasteiger partial charge in [0.2, 0.25) is 0 Å². The van der Waals surface area contributed by atoms with Gasteiger partial charge in [0.25, 0.3) is 5.69 Å². The smallest absolute Gasteiger partial charge is 0.269 e. The molecule has 6 heteroatoms. The average Bonchev–Trinajstić information content (AvgIpc) is 2.44. The highest BCUT2D eigenvalue weighted by Crippen LogP contribution is 2.32. The van der Waals surface area contributed by atoms with Gasteiger partial charge in [-0.1, -0.05) is 41.4 Å². The Morgan fingerprint density at radius 3 is 2.40 bits per heavy atom. The Labute approximate surface area is 126 Å². The van der Waals surface area contributed by atoms with Crippen molar-refractivity contribution in [1.29, 1.82) is 0 Å². The van der Waals surface area contributed by atoms with E-state index < -0.39 is 4.92 Å². The van der Waals surface area contributed by atoms with E-state index >= 15 is 0 Å². The van der Waals surface area contributed by atoms with Gasteiger partial charge >= 0.3 is 0 Å². The molecule has 1 unspecified atom stereocenters. The van der Waals surface area contributed by atoms with Crippen molar-refractivity contribution >= 4 is 34.6 Å². The van der Waals surface area contributed by atoms with E-state index in [1.165, 1.54) is 12.1 Å². The normalized spacial score (nSPS) is 11.9. The minimum absolute atomic E-state index is 0.0493. The summed E-state index contributed by atoms with van der Waals surface area (Å²) in [5.74, 6) is 0. The van der Waals surface area contributed by atoms with E-state index in [0.717, 1.165) is 11.3 Å². The maximum Gasteiger partial charge on any atom is 0.269 e. The van der Waals surface area contributed by atoms with Crippen LogP contribution in [0.5, 0.6) is 0 Å². The summed E-state index contributed by atoms with van der Waals surface area (Å²) in [5.41, 5.74) is 1.72. The first-order chi connectivity index (χ1) is 9.49. The largest absolute Gasteiger partial charge is 0.377 e. The highest BCUT2D eigenvalue weighted by Gasteiger charge is 2.11. The van der Waals surface area contributed by atoms with Crippen molar-refractivity contribution in [2.24, 2.45) is 0 Å². The summed E-state index contributed by atoms with van der Waals surface area (Å²) in [6.45, 7) is 1.94. The first-order valence-corrected chi connectivity index (χ1v) is 6.69. The molecule has 104 valence electrons. The lowest BCUT2D eigenvalue weighted by atomic mass is 10.1. The number of hydrogen-bond acceptors (Lipinski definition) is 3. The van der Waals surface area contributed by atoms with Crippen molar-refractivity contribution < 1.29 is 4.92 Å². The van der Waals surface area contributed by atoms with Crippen molar-refractivity contribution in [3.05, 3.63) is 68.2 Å². The second kappa shape index (κ2) is 6.11. The molecule has 2 rings (SSSR count). The molecule has 0 bridgehead atoms. The van der Waals surface area contributed by atoms with Crippen LogP contribution >= 0.6 is 23.2 Å². The topological polar surface area (TPSA) is 55.2 Å². The van der Waals surface area contributed by atoms with Crippen molar-refractivity contribution in [3.63, 3.8) is 0 Å². The number of benzene rings is 2. The molecule has 20 heavy (non-hydrogen) atoms. The predicted molar refractivity (Wildman–Crippen MR) is 81.6 cm³/mol. The van der Waals surface area contributed by atoms with Crippen LogP contribution in [0.25, 0.3) is 0 Å². The Morgan fingerprint density at radius 1 is 1.15 bits per heavy atom. The maximum absolute atomic E-state index is 10.6. The van der Waals surface area contributed by atoms with E-state index in [-0.39, 0.29) is 11.7 Å². The van der Waals surface area contributed by atoms with Crippen molar-refractivity contribution in [3.8, 4) is 0 Å². The van der Waals surface area contributed by atoms with Crippen LogP contribution < -0.4 is 5.32 Å². The number of nitro groups is 1. The first-order valence-electron chi connectivity index (χ1n) is 5.94. The number of non-ortho nitro benzene ring substituents is 1. The summed E-state index contributed by atoms with van der Waals surface area (Å²) in [5, 5.41) is 14.8. The monoisotopic (exact) mass is 310 g/mol. The van der Waals surface area contributed by atoms with Gasteiger partial charge in [0.1, 0.15) is 0 Å². The van der Waals surface area contributed by atoms with Crippen LogP contribution in [0.4, 0.5) is 11.4 Å². The summed E-state index contributed by atoms with van der Waals surface area (Å²) < 4.78 is 0. The molecule has 0 spiro atoms. The zero-order valence-electron chi connectivity index (χ0n) is 10.6. The van der Waals surface area contributed by atoms with Gasteiger partial charge in [-0.3, -0.25) is 10.1 Å². The fourth-order valence-corrected chi connectivity index (χ4v) is 2.17. The van der Waals surface area contributed by atoms with E-state index in [9.17, 15) is 10.1 Å². The van der Waals surface area contributed by atoms with Gasteiger partial charge < -0.3 is 5.32 Å². The van der Waals surface area contributed by atoms with Crippen molar-refractivity contribution in [2.75, 3.05) is 5.32 Å². The highest BCUT2D eigenvalue weighted by atomic mass is 35.5. The fourth-order valence-electron chi connectivity index (χ4n) is 1.82. The molecule has 0 aliphatic heterocycles. The number of halogens is 2. The second-order valence-electron chi connectivity index (χ2n) is 4.32. The van der Waals surface area contributed by atoms with Gasteiger partial charge in [0.05, 0.1) is 20.7 Å². The minimum atomic E-state index is -0.421. The molecule has 1 atom stereocenters. The lowest BCUT2D eigenvalue weighted by Crippen LogP contribution is -2.07. The number of rotatable bonds is 4. The average molecular weight is 311 g/mol. The molecule has 0 heterocycles. The third kappa shape index (κ3) is 3.21. The van der Waals surface area contributed by atoms with E-state index in [4.69, 9.17) is 23.2 Å². The third-order valence-corrected chi connectivity index (χ3v) is 3.75. The number of anilines is 1.